The zero-order chi connectivity index (χ0) is 20.0. The molecule has 0 spiro atoms. The Labute approximate surface area is 158 Å². The maximum Gasteiger partial charge on any atom is 0.276 e. The molecule has 0 radical (unpaired) electrons. The van der Waals surface area contributed by atoms with Gasteiger partial charge in [0.1, 0.15) is 0 Å². The van der Waals surface area contributed by atoms with E-state index in [-0.39, 0.29) is 10.6 Å². The normalized spacial score (nSPS) is 11.5. The number of hydrogen-bond acceptors (Lipinski definition) is 6. The second-order valence-electron chi connectivity index (χ2n) is 5.82. The summed E-state index contributed by atoms with van der Waals surface area (Å²) in [6.07, 6.45) is 1.38. The van der Waals surface area contributed by atoms with Gasteiger partial charge in [0.15, 0.2) is 0 Å². The molecule has 0 aliphatic rings. The molecule has 0 heterocycles. The Hall–Kier alpha value is -2.94. The Kier molecular flexibility index (Phi) is 6.51. The van der Waals surface area contributed by atoms with Crippen LogP contribution >= 0.6 is 0 Å². The first kappa shape index (κ1) is 20.4. The molecule has 0 amide bonds. The summed E-state index contributed by atoms with van der Waals surface area (Å²) in [6, 6.07) is 11.3. The van der Waals surface area contributed by atoms with Gasteiger partial charge in [-0.2, -0.15) is 13.5 Å². The van der Waals surface area contributed by atoms with Crippen molar-refractivity contribution < 1.29 is 13.3 Å². The molecule has 2 aromatic carbocycles. The van der Waals surface area contributed by atoms with E-state index < -0.39 is 14.9 Å². The zero-order valence-corrected chi connectivity index (χ0v) is 16.2. The van der Waals surface area contributed by atoms with Crippen LogP contribution in [0.3, 0.4) is 0 Å². The summed E-state index contributed by atoms with van der Waals surface area (Å²) in [7, 11) is -3.99. The van der Waals surface area contributed by atoms with E-state index in [0.717, 1.165) is 30.4 Å². The van der Waals surface area contributed by atoms with Crippen molar-refractivity contribution in [1.82, 2.24) is 4.83 Å². The summed E-state index contributed by atoms with van der Waals surface area (Å²) in [6.45, 7) is 7.48. The maximum atomic E-state index is 12.3. The molecule has 2 rings (SSSR count). The fourth-order valence-corrected chi connectivity index (χ4v) is 3.35. The van der Waals surface area contributed by atoms with Gasteiger partial charge in [0.05, 0.1) is 16.0 Å². The SMILES string of the molecule is CCN(CC)c1ccc(/C=N/NS(=O)(=O)c2ccc(C)c([N+](=O)[O-])c2)cc1. The van der Waals surface area contributed by atoms with Crippen molar-refractivity contribution in [1.29, 1.82) is 0 Å². The molecule has 27 heavy (non-hydrogen) atoms. The molecular formula is C18H22N4O4S. The van der Waals surface area contributed by atoms with Gasteiger partial charge in [0, 0.05) is 30.4 Å². The predicted octanol–water partition coefficient (Wildman–Crippen LogP) is 3.06. The number of rotatable bonds is 8. The highest BCUT2D eigenvalue weighted by Gasteiger charge is 2.19. The molecule has 0 unspecified atom stereocenters. The lowest BCUT2D eigenvalue weighted by Crippen LogP contribution is -2.21. The van der Waals surface area contributed by atoms with Crippen LogP contribution in [0.5, 0.6) is 0 Å². The van der Waals surface area contributed by atoms with Gasteiger partial charge in [-0.15, -0.1) is 0 Å². The molecule has 144 valence electrons. The van der Waals surface area contributed by atoms with Gasteiger partial charge >= 0.3 is 0 Å². The van der Waals surface area contributed by atoms with Crippen LogP contribution < -0.4 is 9.73 Å². The van der Waals surface area contributed by atoms with Crippen LogP contribution in [-0.2, 0) is 10.0 Å². The molecular weight excluding hydrogens is 368 g/mol. The number of nitro benzene ring substituents is 1. The third-order valence-electron chi connectivity index (χ3n) is 4.10. The third-order valence-corrected chi connectivity index (χ3v) is 5.32. The van der Waals surface area contributed by atoms with Crippen LogP contribution in [0.4, 0.5) is 11.4 Å². The van der Waals surface area contributed by atoms with Gasteiger partial charge in [0.25, 0.3) is 15.7 Å². The predicted molar refractivity (Wildman–Crippen MR) is 106 cm³/mol. The highest BCUT2D eigenvalue weighted by molar-refractivity contribution is 7.89. The molecule has 2 aromatic rings. The van der Waals surface area contributed by atoms with Gasteiger partial charge in [-0.25, -0.2) is 4.83 Å². The quantitative estimate of drug-likeness (QED) is 0.424. The molecule has 0 aliphatic heterocycles. The zero-order valence-electron chi connectivity index (χ0n) is 15.4. The Balaban J connectivity index is 2.13. The first-order valence-electron chi connectivity index (χ1n) is 8.43. The van der Waals surface area contributed by atoms with Crippen molar-refractivity contribution in [2.24, 2.45) is 5.10 Å². The largest absolute Gasteiger partial charge is 0.372 e. The summed E-state index contributed by atoms with van der Waals surface area (Å²) < 4.78 is 24.6. The molecule has 0 aromatic heterocycles. The number of sulfonamides is 1. The smallest absolute Gasteiger partial charge is 0.276 e. The molecule has 0 saturated heterocycles. The third kappa shape index (κ3) is 5.04. The molecule has 0 aliphatic carbocycles. The number of nitrogens with one attached hydrogen (secondary N) is 1. The maximum absolute atomic E-state index is 12.3. The molecule has 9 heteroatoms. The van der Waals surface area contributed by atoms with E-state index in [1.165, 1.54) is 18.3 Å². The second kappa shape index (κ2) is 8.63. The molecule has 0 saturated carbocycles. The van der Waals surface area contributed by atoms with Gasteiger partial charge in [0.2, 0.25) is 0 Å². The standard InChI is InChI=1S/C18H22N4O4S/c1-4-21(5-2)16-9-7-15(8-10-16)13-19-20-27(25,26)17-11-6-14(3)18(12-17)22(23)24/h6-13,20H,4-5H2,1-3H3/b19-13+. The van der Waals surface area contributed by atoms with E-state index in [1.807, 2.05) is 24.3 Å². The number of nitro groups is 1. The van der Waals surface area contributed by atoms with Gasteiger partial charge < -0.3 is 4.90 Å². The second-order valence-corrected chi connectivity index (χ2v) is 7.48. The number of aryl methyl sites for hydroxylation is 1. The summed E-state index contributed by atoms with van der Waals surface area (Å²) in [5.74, 6) is 0. The summed E-state index contributed by atoms with van der Waals surface area (Å²) in [5.41, 5.74) is 1.93. The molecule has 8 nitrogen and oxygen atoms in total. The van der Waals surface area contributed by atoms with Crippen molar-refractivity contribution in [3.63, 3.8) is 0 Å². The molecule has 0 bridgehead atoms. The van der Waals surface area contributed by atoms with E-state index in [9.17, 15) is 18.5 Å². The van der Waals surface area contributed by atoms with Crippen molar-refractivity contribution in [3.05, 3.63) is 63.7 Å². The number of anilines is 1. The Bertz CT molecular complexity index is 936. The van der Waals surface area contributed by atoms with Gasteiger partial charge in [-0.1, -0.05) is 18.2 Å². The van der Waals surface area contributed by atoms with E-state index in [2.05, 4.69) is 28.7 Å². The fraction of sp³-hybridized carbons (Fsp3) is 0.278. The van der Waals surface area contributed by atoms with Gasteiger partial charge in [-0.3, -0.25) is 10.1 Å². The molecule has 1 N–H and O–H groups in total. The Morgan fingerprint density at radius 1 is 1.15 bits per heavy atom. The van der Waals surface area contributed by atoms with E-state index >= 15 is 0 Å². The molecule has 0 fully saturated rings. The van der Waals surface area contributed by atoms with Crippen molar-refractivity contribution in [2.75, 3.05) is 18.0 Å². The minimum Gasteiger partial charge on any atom is -0.372 e. The average Bonchev–Trinajstić information content (AvgIpc) is 2.64. The van der Waals surface area contributed by atoms with Crippen molar-refractivity contribution in [3.8, 4) is 0 Å². The summed E-state index contributed by atoms with van der Waals surface area (Å²) >= 11 is 0. The number of hydrogen-bond donors (Lipinski definition) is 1. The van der Waals surface area contributed by atoms with Crippen molar-refractivity contribution in [2.45, 2.75) is 25.7 Å². The lowest BCUT2D eigenvalue weighted by atomic mass is 10.2. The monoisotopic (exact) mass is 390 g/mol. The Morgan fingerprint density at radius 2 is 1.78 bits per heavy atom. The highest BCUT2D eigenvalue weighted by Crippen LogP contribution is 2.22. The average molecular weight is 390 g/mol. The van der Waals surface area contributed by atoms with Crippen LogP contribution in [0.2, 0.25) is 0 Å². The minimum absolute atomic E-state index is 0.214. The van der Waals surface area contributed by atoms with Crippen LogP contribution in [0.1, 0.15) is 25.0 Å². The van der Waals surface area contributed by atoms with Crippen LogP contribution in [0.15, 0.2) is 52.5 Å². The van der Waals surface area contributed by atoms with E-state index in [4.69, 9.17) is 0 Å². The van der Waals surface area contributed by atoms with Crippen LogP contribution in [-0.4, -0.2) is 32.6 Å². The molecule has 0 atom stereocenters. The Morgan fingerprint density at radius 3 is 2.33 bits per heavy atom. The van der Waals surface area contributed by atoms with E-state index in [0.29, 0.717) is 5.56 Å². The topological polar surface area (TPSA) is 105 Å². The van der Waals surface area contributed by atoms with Crippen LogP contribution in [0.25, 0.3) is 0 Å². The first-order chi connectivity index (χ1) is 12.8. The highest BCUT2D eigenvalue weighted by atomic mass is 32.2. The van der Waals surface area contributed by atoms with Crippen molar-refractivity contribution >= 4 is 27.6 Å². The first-order valence-corrected chi connectivity index (χ1v) is 9.91. The van der Waals surface area contributed by atoms with Gasteiger partial charge in [-0.05, 0) is 44.5 Å². The van der Waals surface area contributed by atoms with Crippen LogP contribution in [0, 0.1) is 17.0 Å². The fourth-order valence-electron chi connectivity index (χ4n) is 2.54. The number of nitrogens with zero attached hydrogens (tertiary/aromatic N) is 3. The number of benzene rings is 2. The number of hydrazone groups is 1. The lowest BCUT2D eigenvalue weighted by Gasteiger charge is -2.20. The minimum atomic E-state index is -3.99. The summed E-state index contributed by atoms with van der Waals surface area (Å²) in [4.78, 5) is 14.4. The lowest BCUT2D eigenvalue weighted by molar-refractivity contribution is -0.385. The van der Waals surface area contributed by atoms with E-state index in [1.54, 1.807) is 6.92 Å². The summed E-state index contributed by atoms with van der Waals surface area (Å²) in [5, 5.41) is 14.7.